The zero-order valence-corrected chi connectivity index (χ0v) is 6.60. The van der Waals surface area contributed by atoms with Crippen LogP contribution >= 0.6 is 0 Å². The molecule has 10 heavy (non-hydrogen) atoms. The molecule has 56 valence electrons. The third kappa shape index (κ3) is 2.20. The second-order valence-electron chi connectivity index (χ2n) is 2.42. The van der Waals surface area contributed by atoms with E-state index in [0.29, 0.717) is 6.61 Å². The van der Waals surface area contributed by atoms with Gasteiger partial charge in [0.1, 0.15) is 5.60 Å². The van der Waals surface area contributed by atoms with Gasteiger partial charge in [-0.05, 0) is 26.7 Å². The Morgan fingerprint density at radius 2 is 2.20 bits per heavy atom. The summed E-state index contributed by atoms with van der Waals surface area (Å²) in [5.74, 6) is 1.72. The molecule has 0 unspecified atom stereocenters. The first-order valence-electron chi connectivity index (χ1n) is 3.19. The highest BCUT2D eigenvalue weighted by atomic mass is 16.5. The molecule has 0 aromatic rings. The van der Waals surface area contributed by atoms with Crippen molar-refractivity contribution in [3.8, 4) is 12.3 Å². The van der Waals surface area contributed by atoms with Gasteiger partial charge in [-0.3, -0.25) is 4.79 Å². The Bertz CT molecular complexity index is 163. The Hall–Kier alpha value is -0.810. The predicted octanol–water partition coefficient (Wildman–Crippen LogP) is 1.00. The Kier molecular flexibility index (Phi) is 3.11. The fraction of sp³-hybridized carbons (Fsp3) is 0.625. The maximum Gasteiger partial charge on any atom is 0.236 e. The lowest BCUT2D eigenvalue weighted by molar-refractivity contribution is -0.133. The highest BCUT2D eigenvalue weighted by Crippen LogP contribution is 2.08. The van der Waals surface area contributed by atoms with Crippen molar-refractivity contribution >= 4 is 5.78 Å². The molecule has 0 aliphatic carbocycles. The van der Waals surface area contributed by atoms with Gasteiger partial charge in [0.25, 0.3) is 0 Å². The van der Waals surface area contributed by atoms with Gasteiger partial charge in [0.15, 0.2) is 0 Å². The summed E-state index contributed by atoms with van der Waals surface area (Å²) in [5, 5.41) is 0. The normalized spacial score (nSPS) is 10.6. The van der Waals surface area contributed by atoms with E-state index in [1.807, 2.05) is 12.8 Å². The molecule has 0 rings (SSSR count). The smallest absolute Gasteiger partial charge is 0.236 e. The van der Waals surface area contributed by atoms with Crippen LogP contribution in [0.5, 0.6) is 0 Å². The van der Waals surface area contributed by atoms with Gasteiger partial charge >= 0.3 is 0 Å². The monoisotopic (exact) mass is 140 g/mol. The minimum atomic E-state index is -0.816. The molecule has 0 fully saturated rings. The Balaban J connectivity index is 4.13. The van der Waals surface area contributed by atoms with Gasteiger partial charge in [-0.2, -0.15) is 0 Å². The minimum absolute atomic E-state index is 0.311. The Morgan fingerprint density at radius 3 is 2.50 bits per heavy atom. The van der Waals surface area contributed by atoms with E-state index in [1.165, 1.54) is 0 Å². The number of Topliss-reactive ketones (excluding diaryl/α,β-unsaturated/α-hetero) is 1. The lowest BCUT2D eigenvalue weighted by Gasteiger charge is -2.19. The maximum absolute atomic E-state index is 10.9. The van der Waals surface area contributed by atoms with Crippen molar-refractivity contribution in [3.63, 3.8) is 0 Å². The molecule has 0 heterocycles. The summed E-state index contributed by atoms with van der Waals surface area (Å²) in [7, 11) is 0. The molecule has 2 nitrogen and oxygen atoms in total. The van der Waals surface area contributed by atoms with E-state index in [2.05, 4.69) is 0 Å². The molecule has 0 amide bonds. The first-order chi connectivity index (χ1) is 4.54. The first-order valence-corrected chi connectivity index (χ1v) is 3.19. The number of carbonyl (C=O) groups excluding carboxylic acids is 1. The highest BCUT2D eigenvalue weighted by molar-refractivity contribution is 6.01. The average Bonchev–Trinajstić information content (AvgIpc) is 1.86. The van der Waals surface area contributed by atoms with Crippen molar-refractivity contribution in [3.05, 3.63) is 0 Å². The highest BCUT2D eigenvalue weighted by Gasteiger charge is 2.25. The molecule has 0 aromatic carbocycles. The molecule has 0 aliphatic heterocycles. The summed E-state index contributed by atoms with van der Waals surface area (Å²) < 4.78 is 5.09. The Morgan fingerprint density at radius 1 is 1.70 bits per heavy atom. The second kappa shape index (κ2) is 3.38. The van der Waals surface area contributed by atoms with Gasteiger partial charge in [0, 0.05) is 6.61 Å². The second-order valence-corrected chi connectivity index (χ2v) is 2.42. The van der Waals surface area contributed by atoms with Gasteiger partial charge in [-0.25, -0.2) is 0 Å². The molecule has 0 saturated heterocycles. The fourth-order valence-corrected chi connectivity index (χ4v) is 0.600. The third-order valence-electron chi connectivity index (χ3n) is 1.18. The predicted molar refractivity (Wildman–Crippen MR) is 39.5 cm³/mol. The van der Waals surface area contributed by atoms with E-state index < -0.39 is 5.60 Å². The first kappa shape index (κ1) is 9.19. The van der Waals surface area contributed by atoms with Crippen LogP contribution in [0.4, 0.5) is 0 Å². The quantitative estimate of drug-likeness (QED) is 0.432. The van der Waals surface area contributed by atoms with Crippen LogP contribution in [0.1, 0.15) is 20.8 Å². The summed E-state index contributed by atoms with van der Waals surface area (Å²) in [6, 6.07) is 0. The van der Waals surface area contributed by atoms with E-state index in [4.69, 9.17) is 11.2 Å². The van der Waals surface area contributed by atoms with Gasteiger partial charge < -0.3 is 4.74 Å². The van der Waals surface area contributed by atoms with E-state index in [-0.39, 0.29) is 5.78 Å². The van der Waals surface area contributed by atoms with Crippen molar-refractivity contribution in [2.45, 2.75) is 26.4 Å². The van der Waals surface area contributed by atoms with Crippen molar-refractivity contribution in [2.24, 2.45) is 0 Å². The fourth-order valence-electron chi connectivity index (χ4n) is 0.600. The van der Waals surface area contributed by atoms with Crippen molar-refractivity contribution < 1.29 is 9.53 Å². The number of hydrogen-bond donors (Lipinski definition) is 0. The molecule has 0 atom stereocenters. The van der Waals surface area contributed by atoms with Gasteiger partial charge in [0.05, 0.1) is 0 Å². The summed E-state index contributed by atoms with van der Waals surface area (Å²) in [5.41, 5.74) is -0.816. The van der Waals surface area contributed by atoms with E-state index in [9.17, 15) is 4.79 Å². The van der Waals surface area contributed by atoms with Crippen LogP contribution in [0.3, 0.4) is 0 Å². The van der Waals surface area contributed by atoms with Crippen LogP contribution in [-0.2, 0) is 9.53 Å². The maximum atomic E-state index is 10.9. The molecule has 0 radical (unpaired) electrons. The number of hydrogen-bond acceptors (Lipinski definition) is 2. The lowest BCUT2D eigenvalue weighted by Crippen LogP contribution is -2.33. The van der Waals surface area contributed by atoms with Crippen LogP contribution < -0.4 is 0 Å². The van der Waals surface area contributed by atoms with Gasteiger partial charge in [0.2, 0.25) is 5.78 Å². The number of ketones is 1. The molecule has 0 bridgehead atoms. The number of terminal acetylenes is 1. The van der Waals surface area contributed by atoms with E-state index in [0.717, 1.165) is 0 Å². The van der Waals surface area contributed by atoms with Crippen LogP contribution in [0.2, 0.25) is 0 Å². The van der Waals surface area contributed by atoms with E-state index >= 15 is 0 Å². The molecular formula is C8H12O2. The standard InChI is InChI=1S/C8H12O2/c1-5-7(9)8(3,4)10-6-2/h1H,6H2,2-4H3. The molecular weight excluding hydrogens is 128 g/mol. The van der Waals surface area contributed by atoms with Gasteiger partial charge in [-0.1, -0.05) is 0 Å². The molecule has 0 N–H and O–H groups in total. The summed E-state index contributed by atoms with van der Waals surface area (Å²) >= 11 is 0. The zero-order valence-electron chi connectivity index (χ0n) is 6.60. The van der Waals surface area contributed by atoms with Crippen LogP contribution in [0.15, 0.2) is 0 Å². The van der Waals surface area contributed by atoms with Gasteiger partial charge in [-0.15, -0.1) is 6.42 Å². The van der Waals surface area contributed by atoms with Crippen LogP contribution in [0, 0.1) is 12.3 Å². The summed E-state index contributed by atoms with van der Waals surface area (Å²) in [6.45, 7) is 5.66. The van der Waals surface area contributed by atoms with Crippen LogP contribution in [-0.4, -0.2) is 18.0 Å². The molecule has 0 spiro atoms. The molecule has 0 aliphatic rings. The average molecular weight is 140 g/mol. The summed E-state index contributed by atoms with van der Waals surface area (Å²) in [6.07, 6.45) is 4.91. The Labute approximate surface area is 61.6 Å². The van der Waals surface area contributed by atoms with Crippen molar-refractivity contribution in [2.75, 3.05) is 6.61 Å². The molecule has 0 saturated carbocycles. The largest absolute Gasteiger partial charge is 0.367 e. The number of rotatable bonds is 3. The number of ether oxygens (including phenoxy) is 1. The SMILES string of the molecule is C#CC(=O)C(C)(C)OCC. The van der Waals surface area contributed by atoms with Crippen molar-refractivity contribution in [1.82, 2.24) is 0 Å². The number of carbonyl (C=O) groups is 1. The van der Waals surface area contributed by atoms with Crippen molar-refractivity contribution in [1.29, 1.82) is 0 Å². The zero-order chi connectivity index (χ0) is 8.20. The van der Waals surface area contributed by atoms with E-state index in [1.54, 1.807) is 13.8 Å². The molecule has 2 heteroatoms. The minimum Gasteiger partial charge on any atom is -0.367 e. The topological polar surface area (TPSA) is 26.3 Å². The van der Waals surface area contributed by atoms with Crippen LogP contribution in [0.25, 0.3) is 0 Å². The lowest BCUT2D eigenvalue weighted by atomic mass is 10.0. The molecule has 0 aromatic heterocycles. The third-order valence-corrected chi connectivity index (χ3v) is 1.18. The summed E-state index contributed by atoms with van der Waals surface area (Å²) in [4.78, 5) is 10.9.